The van der Waals surface area contributed by atoms with Crippen LogP contribution in [0, 0.1) is 0 Å². The van der Waals surface area contributed by atoms with E-state index in [1.54, 1.807) is 60.7 Å². The van der Waals surface area contributed by atoms with Crippen molar-refractivity contribution >= 4 is 47.4 Å². The largest absolute Gasteiger partial charge is 0.482 e. The van der Waals surface area contributed by atoms with Gasteiger partial charge in [-0.05, 0) is 37.1 Å². The number of β-lactam (4-membered cyclic amide) rings is 1. The highest BCUT2D eigenvalue weighted by atomic mass is 32.2. The lowest BCUT2D eigenvalue weighted by Crippen LogP contribution is -2.70. The van der Waals surface area contributed by atoms with Crippen molar-refractivity contribution < 1.29 is 48.5 Å². The highest BCUT2D eigenvalue weighted by Gasteiger charge is 2.54. The number of rotatable bonds is 14. The molecule has 4 rings (SSSR count). The van der Waals surface area contributed by atoms with Gasteiger partial charge in [0.05, 0.1) is 0 Å². The lowest BCUT2D eigenvalue weighted by molar-refractivity contribution is -0.151. The predicted octanol–water partition coefficient (Wildman–Crippen LogP) is 1.40. The first kappa shape index (κ1) is 31.1. The number of carboxylic acids is 2. The molecule has 13 nitrogen and oxygen atoms in total. The van der Waals surface area contributed by atoms with Crippen LogP contribution in [0.3, 0.4) is 0 Å². The maximum absolute atomic E-state index is 12.9. The van der Waals surface area contributed by atoms with E-state index in [-0.39, 0.29) is 49.5 Å². The molecule has 1 unspecified atom stereocenters. The molecular weight excluding hydrogens is 582 g/mol. The number of aliphatic carboxylic acids is 2. The van der Waals surface area contributed by atoms with Gasteiger partial charge in [0.25, 0.3) is 11.8 Å². The van der Waals surface area contributed by atoms with Crippen molar-refractivity contribution in [1.29, 1.82) is 0 Å². The molecular formula is C29H29N3O10S. The first-order valence-electron chi connectivity index (χ1n) is 13.3. The van der Waals surface area contributed by atoms with E-state index >= 15 is 0 Å². The Morgan fingerprint density at radius 1 is 1.00 bits per heavy atom. The first-order valence-corrected chi connectivity index (χ1v) is 14.3. The molecule has 2 aromatic rings. The van der Waals surface area contributed by atoms with E-state index in [9.17, 15) is 39.0 Å². The molecule has 2 aliphatic rings. The van der Waals surface area contributed by atoms with E-state index in [1.165, 1.54) is 11.8 Å². The number of thioether (sulfide) groups is 1. The summed E-state index contributed by atoms with van der Waals surface area (Å²) in [6.45, 7) is -0.719. The van der Waals surface area contributed by atoms with E-state index in [4.69, 9.17) is 9.47 Å². The number of hydrogen-bond acceptors (Lipinski definition) is 9. The summed E-state index contributed by atoms with van der Waals surface area (Å²) < 4.78 is 10.5. The summed E-state index contributed by atoms with van der Waals surface area (Å²) in [5.41, 5.74) is 0.240. The number of hydrogen-bond donors (Lipinski definition) is 4. The van der Waals surface area contributed by atoms with E-state index < -0.39 is 53.1 Å². The topological polar surface area (TPSA) is 189 Å². The van der Waals surface area contributed by atoms with Crippen LogP contribution >= 0.6 is 11.8 Å². The maximum atomic E-state index is 12.9. The van der Waals surface area contributed by atoms with Gasteiger partial charge in [-0.1, -0.05) is 36.4 Å². The van der Waals surface area contributed by atoms with Gasteiger partial charge in [0.1, 0.15) is 35.5 Å². The molecule has 0 saturated carbocycles. The van der Waals surface area contributed by atoms with E-state index in [2.05, 4.69) is 10.6 Å². The Morgan fingerprint density at radius 3 is 2.33 bits per heavy atom. The number of ether oxygens (including phenoxy) is 2. The van der Waals surface area contributed by atoms with Gasteiger partial charge in [0.15, 0.2) is 6.61 Å². The van der Waals surface area contributed by atoms with Crippen molar-refractivity contribution in [2.75, 3.05) is 19.0 Å². The Morgan fingerprint density at radius 2 is 1.67 bits per heavy atom. The number of esters is 1. The molecule has 1 saturated heterocycles. The van der Waals surface area contributed by atoms with Gasteiger partial charge < -0.3 is 30.3 Å². The van der Waals surface area contributed by atoms with Gasteiger partial charge in [0.2, 0.25) is 5.91 Å². The zero-order valence-electron chi connectivity index (χ0n) is 22.8. The summed E-state index contributed by atoms with van der Waals surface area (Å²) >= 11 is 1.22. The minimum Gasteiger partial charge on any atom is -0.482 e. The Bertz CT molecular complexity index is 1420. The Labute approximate surface area is 250 Å². The molecule has 2 aromatic carbocycles. The molecule has 2 heterocycles. The number of amides is 3. The van der Waals surface area contributed by atoms with Gasteiger partial charge in [-0.25, -0.2) is 14.4 Å². The zero-order chi connectivity index (χ0) is 30.9. The van der Waals surface area contributed by atoms with Crippen molar-refractivity contribution in [2.45, 2.75) is 36.7 Å². The molecule has 43 heavy (non-hydrogen) atoms. The second kappa shape index (κ2) is 14.4. The van der Waals surface area contributed by atoms with Crippen molar-refractivity contribution in [3.05, 3.63) is 77.5 Å². The molecule has 0 radical (unpaired) electrons. The average Bonchev–Trinajstić information content (AvgIpc) is 3.01. The van der Waals surface area contributed by atoms with Crippen LogP contribution in [0.4, 0.5) is 0 Å². The molecule has 2 aliphatic heterocycles. The molecule has 0 aromatic heterocycles. The fraction of sp³-hybridized carbons (Fsp3) is 0.310. The van der Waals surface area contributed by atoms with Crippen molar-refractivity contribution in [1.82, 2.24) is 15.5 Å². The number of carboxylic acid groups (broad SMARTS) is 2. The van der Waals surface area contributed by atoms with Crippen LogP contribution in [0.5, 0.6) is 5.75 Å². The fourth-order valence-electron chi connectivity index (χ4n) is 4.46. The lowest BCUT2D eigenvalue weighted by atomic mass is 10.0. The molecule has 1 fully saturated rings. The van der Waals surface area contributed by atoms with Crippen molar-refractivity contribution in [2.24, 2.45) is 0 Å². The highest BCUT2D eigenvalue weighted by Crippen LogP contribution is 2.40. The number of carbonyl (C=O) groups excluding carboxylic acids is 4. The normalized spacial score (nSPS) is 18.0. The van der Waals surface area contributed by atoms with E-state index in [0.717, 1.165) is 4.90 Å². The minimum absolute atomic E-state index is 0.0192. The van der Waals surface area contributed by atoms with Crippen LogP contribution in [0.1, 0.15) is 29.6 Å². The summed E-state index contributed by atoms with van der Waals surface area (Å²) in [4.78, 5) is 74.5. The SMILES string of the molecule is O=C(CCCC(NC(=O)c1ccccc1)C(=O)O)N[C@@H]1C(=O)N2C(C(=O)O)=C(COC(=O)COc3ccccc3)CS[C@H]12. The van der Waals surface area contributed by atoms with Crippen LogP contribution in [0.15, 0.2) is 71.9 Å². The smallest absolute Gasteiger partial charge is 0.352 e. The van der Waals surface area contributed by atoms with E-state index in [1.807, 2.05) is 0 Å². The van der Waals surface area contributed by atoms with Gasteiger partial charge in [0, 0.05) is 23.3 Å². The molecule has 0 bridgehead atoms. The van der Waals surface area contributed by atoms with Crippen LogP contribution in [-0.4, -0.2) is 87.2 Å². The third-order valence-electron chi connectivity index (χ3n) is 6.61. The monoisotopic (exact) mass is 611 g/mol. The summed E-state index contributed by atoms with van der Waals surface area (Å²) in [5, 5.41) is 23.6. The first-order chi connectivity index (χ1) is 20.7. The number of para-hydroxylation sites is 1. The number of carbonyl (C=O) groups is 6. The Kier molecular flexibility index (Phi) is 10.4. The fourth-order valence-corrected chi connectivity index (χ4v) is 5.79. The average molecular weight is 612 g/mol. The van der Waals surface area contributed by atoms with E-state index in [0.29, 0.717) is 11.3 Å². The molecule has 3 amide bonds. The molecule has 4 N–H and O–H groups in total. The summed E-state index contributed by atoms with van der Waals surface area (Å²) in [7, 11) is 0. The van der Waals surface area contributed by atoms with Crippen molar-refractivity contribution in [3.8, 4) is 5.75 Å². The number of benzene rings is 2. The zero-order valence-corrected chi connectivity index (χ0v) is 23.6. The van der Waals surface area contributed by atoms with Crippen LogP contribution < -0.4 is 15.4 Å². The summed E-state index contributed by atoms with van der Waals surface area (Å²) in [5.74, 6) is -4.40. The van der Waals surface area contributed by atoms with Gasteiger partial charge in [-0.3, -0.25) is 19.3 Å². The molecule has 0 spiro atoms. The molecule has 3 atom stereocenters. The Hall–Kier alpha value is -4.85. The van der Waals surface area contributed by atoms with Crippen LogP contribution in [0.2, 0.25) is 0 Å². The maximum Gasteiger partial charge on any atom is 0.352 e. The highest BCUT2D eigenvalue weighted by molar-refractivity contribution is 8.00. The minimum atomic E-state index is -1.37. The predicted molar refractivity (Wildman–Crippen MR) is 152 cm³/mol. The summed E-state index contributed by atoms with van der Waals surface area (Å²) in [6.07, 6.45) is -0.0151. The van der Waals surface area contributed by atoms with Crippen molar-refractivity contribution in [3.63, 3.8) is 0 Å². The lowest BCUT2D eigenvalue weighted by Gasteiger charge is -2.49. The summed E-state index contributed by atoms with van der Waals surface area (Å²) in [6, 6.07) is 14.5. The quantitative estimate of drug-likeness (QED) is 0.179. The second-order valence-electron chi connectivity index (χ2n) is 9.60. The molecule has 0 aliphatic carbocycles. The number of nitrogens with one attached hydrogen (secondary N) is 2. The van der Waals surface area contributed by atoms with Gasteiger partial charge in [-0.2, -0.15) is 0 Å². The standard InChI is InChI=1S/C29H29N3O10S/c33-21(13-7-12-20(28(37)38)30-25(35)17-8-3-1-4-9-17)31-23-26(36)32-24(29(39)40)18(16-43-27(23)32)14-42-22(34)15-41-19-10-5-2-6-11-19/h1-6,8-11,20,23,27H,7,12-16H2,(H,30,35)(H,31,33)(H,37,38)(H,39,40)/t20?,23-,27-/m1/s1. The number of fused-ring (bicyclic) bond motifs is 1. The molecule has 226 valence electrons. The molecule has 14 heteroatoms. The van der Waals surface area contributed by atoms with Gasteiger partial charge >= 0.3 is 17.9 Å². The Balaban J connectivity index is 1.25. The third kappa shape index (κ3) is 7.92. The number of nitrogens with zero attached hydrogens (tertiary/aromatic N) is 1. The van der Waals surface area contributed by atoms with Crippen LogP contribution in [-0.2, 0) is 28.7 Å². The van der Waals surface area contributed by atoms with Gasteiger partial charge in [-0.15, -0.1) is 11.8 Å². The second-order valence-corrected chi connectivity index (χ2v) is 10.7. The van der Waals surface area contributed by atoms with Crippen LogP contribution in [0.25, 0.3) is 0 Å². The third-order valence-corrected chi connectivity index (χ3v) is 7.95.